The van der Waals surface area contributed by atoms with Gasteiger partial charge in [-0.2, -0.15) is 18.3 Å². The van der Waals surface area contributed by atoms with E-state index < -0.39 is 11.7 Å². The highest BCUT2D eigenvalue weighted by molar-refractivity contribution is 8.14. The van der Waals surface area contributed by atoms with E-state index in [9.17, 15) is 22.8 Å². The summed E-state index contributed by atoms with van der Waals surface area (Å²) < 4.78 is 41.4. The minimum absolute atomic E-state index is 0.208. The summed E-state index contributed by atoms with van der Waals surface area (Å²) >= 11 is 1.11. The predicted molar refractivity (Wildman–Crippen MR) is 141 cm³/mol. The molecular weight excluding hydrogens is 515 g/mol. The van der Waals surface area contributed by atoms with Crippen LogP contribution in [0.2, 0.25) is 0 Å². The van der Waals surface area contributed by atoms with Gasteiger partial charge in [-0.3, -0.25) is 9.59 Å². The van der Waals surface area contributed by atoms with Gasteiger partial charge >= 0.3 is 11.4 Å². The molecule has 0 saturated carbocycles. The largest absolute Gasteiger partial charge is 0.416 e. The zero-order valence-corrected chi connectivity index (χ0v) is 21.0. The number of aryl methyl sites for hydroxylation is 1. The van der Waals surface area contributed by atoms with E-state index in [1.54, 1.807) is 41.9 Å². The molecule has 5 rings (SSSR count). The molecular formula is C27H22F3N5O2S. The molecule has 0 saturated heterocycles. The molecule has 4 aromatic rings. The van der Waals surface area contributed by atoms with Crippen molar-refractivity contribution in [3.8, 4) is 11.4 Å². The molecule has 194 valence electrons. The molecule has 3 aromatic carbocycles. The first-order valence-electron chi connectivity index (χ1n) is 11.7. The number of thioether (sulfide) groups is 1. The van der Waals surface area contributed by atoms with Crippen molar-refractivity contribution < 1.29 is 22.8 Å². The smallest absolute Gasteiger partial charge is 0.350 e. The number of hydrogen-bond donors (Lipinski definition) is 1. The average Bonchev–Trinajstić information content (AvgIpc) is 3.25. The number of carbonyl (C=O) groups is 2. The van der Waals surface area contributed by atoms with Crippen molar-refractivity contribution in [2.75, 3.05) is 18.8 Å². The Kier molecular flexibility index (Phi) is 6.94. The van der Waals surface area contributed by atoms with Gasteiger partial charge in [0, 0.05) is 36.0 Å². The third kappa shape index (κ3) is 5.28. The van der Waals surface area contributed by atoms with Crippen LogP contribution in [-0.4, -0.2) is 50.3 Å². The van der Waals surface area contributed by atoms with Crippen molar-refractivity contribution >= 4 is 39.7 Å². The second-order valence-electron chi connectivity index (χ2n) is 8.62. The number of rotatable bonds is 6. The molecule has 0 fully saturated rings. The maximum absolute atomic E-state index is 13.2. The fourth-order valence-electron chi connectivity index (χ4n) is 4.14. The molecule has 0 bridgehead atoms. The van der Waals surface area contributed by atoms with Crippen molar-refractivity contribution in [3.05, 3.63) is 89.5 Å². The van der Waals surface area contributed by atoms with E-state index in [1.165, 1.54) is 11.1 Å². The van der Waals surface area contributed by atoms with Crippen LogP contribution in [0.25, 0.3) is 22.4 Å². The van der Waals surface area contributed by atoms with E-state index in [0.717, 1.165) is 35.0 Å². The lowest BCUT2D eigenvalue weighted by molar-refractivity contribution is -0.137. The summed E-state index contributed by atoms with van der Waals surface area (Å²) in [7, 11) is 1.75. The molecule has 11 heteroatoms. The lowest BCUT2D eigenvalue weighted by Crippen LogP contribution is -2.37. The number of halogens is 3. The number of hydrogen-bond acceptors (Lipinski definition) is 5. The lowest BCUT2D eigenvalue weighted by atomic mass is 10.1. The number of amides is 2. The highest BCUT2D eigenvalue weighted by Gasteiger charge is 2.31. The Labute approximate surface area is 220 Å². The number of fused-ring (bicyclic) bond motifs is 1. The van der Waals surface area contributed by atoms with Crippen molar-refractivity contribution in [1.82, 2.24) is 19.9 Å². The SMILES string of the molecule is Cn1c(-c2cccc(C(F)(F)F)c2)nc2cc(C3=NN(CCNC(=O)c4ccccc4)C(=O)SC3)ccc21. The van der Waals surface area contributed by atoms with Gasteiger partial charge in [-0.05, 0) is 36.4 Å². The second kappa shape index (κ2) is 10.3. The van der Waals surface area contributed by atoms with Crippen LogP contribution in [-0.2, 0) is 13.2 Å². The number of nitrogens with one attached hydrogen (secondary N) is 1. The van der Waals surface area contributed by atoms with Crippen LogP contribution in [0, 0.1) is 0 Å². The predicted octanol–water partition coefficient (Wildman–Crippen LogP) is 5.56. The van der Waals surface area contributed by atoms with Crippen LogP contribution in [0.5, 0.6) is 0 Å². The highest BCUT2D eigenvalue weighted by Crippen LogP contribution is 2.33. The van der Waals surface area contributed by atoms with Gasteiger partial charge in [0.05, 0.1) is 28.9 Å². The topological polar surface area (TPSA) is 79.6 Å². The van der Waals surface area contributed by atoms with Crippen LogP contribution >= 0.6 is 11.8 Å². The Morgan fingerprint density at radius 3 is 2.58 bits per heavy atom. The zero-order valence-electron chi connectivity index (χ0n) is 20.2. The Bertz CT molecular complexity index is 1550. The van der Waals surface area contributed by atoms with E-state index in [4.69, 9.17) is 0 Å². The Hall–Kier alpha value is -4.12. The summed E-state index contributed by atoms with van der Waals surface area (Å²) in [6.45, 7) is 0.440. The first-order chi connectivity index (χ1) is 18.2. The van der Waals surface area contributed by atoms with E-state index in [-0.39, 0.29) is 24.2 Å². The molecule has 1 N–H and O–H groups in total. The maximum atomic E-state index is 13.2. The summed E-state index contributed by atoms with van der Waals surface area (Å²) in [6.07, 6.45) is -4.45. The van der Waals surface area contributed by atoms with Crippen LogP contribution < -0.4 is 5.32 Å². The fraction of sp³-hybridized carbons (Fsp3) is 0.185. The molecule has 0 atom stereocenters. The minimum atomic E-state index is -4.45. The quantitative estimate of drug-likeness (QED) is 0.349. The molecule has 1 aliphatic heterocycles. The number of hydrazone groups is 1. The van der Waals surface area contributed by atoms with E-state index >= 15 is 0 Å². The highest BCUT2D eigenvalue weighted by atomic mass is 32.2. The van der Waals surface area contributed by atoms with Gasteiger partial charge in [-0.15, -0.1) is 0 Å². The molecule has 0 spiro atoms. The van der Waals surface area contributed by atoms with Crippen LogP contribution in [0.15, 0.2) is 77.9 Å². The zero-order chi connectivity index (χ0) is 26.9. The Morgan fingerprint density at radius 1 is 1.03 bits per heavy atom. The summed E-state index contributed by atoms with van der Waals surface area (Å²) in [6, 6.07) is 19.4. The van der Waals surface area contributed by atoms with Crippen LogP contribution in [0.1, 0.15) is 21.5 Å². The number of carbonyl (C=O) groups excluding carboxylic acids is 2. The second-order valence-corrected chi connectivity index (χ2v) is 9.55. The van der Waals surface area contributed by atoms with Gasteiger partial charge in [0.1, 0.15) is 5.82 Å². The first-order valence-corrected chi connectivity index (χ1v) is 12.7. The van der Waals surface area contributed by atoms with Crippen molar-refractivity contribution in [1.29, 1.82) is 0 Å². The Morgan fingerprint density at radius 2 is 1.82 bits per heavy atom. The number of aromatic nitrogens is 2. The molecule has 0 aliphatic carbocycles. The molecule has 38 heavy (non-hydrogen) atoms. The number of nitrogens with zero attached hydrogens (tertiary/aromatic N) is 4. The number of imidazole rings is 1. The van der Waals surface area contributed by atoms with Crippen molar-refractivity contribution in [2.24, 2.45) is 12.1 Å². The normalized spacial score (nSPS) is 14.1. The molecule has 7 nitrogen and oxygen atoms in total. The standard InChI is InChI=1S/C27H22F3N5O2S/c1-34-23-11-10-18(15-21(23)32-24(34)19-8-5-9-20(14-19)27(28,29)30)22-16-38-26(37)35(33-22)13-12-31-25(36)17-6-3-2-4-7-17/h2-11,14-15H,12-13,16H2,1H3,(H,31,36). The Balaban J connectivity index is 1.35. The van der Waals surface area contributed by atoms with E-state index in [0.29, 0.717) is 33.9 Å². The van der Waals surface area contributed by atoms with Gasteiger partial charge in [-0.25, -0.2) is 9.99 Å². The minimum Gasteiger partial charge on any atom is -0.350 e. The maximum Gasteiger partial charge on any atom is 0.416 e. The lowest BCUT2D eigenvalue weighted by Gasteiger charge is -2.23. The van der Waals surface area contributed by atoms with Crippen LogP contribution in [0.4, 0.5) is 18.0 Å². The van der Waals surface area contributed by atoms with Gasteiger partial charge < -0.3 is 9.88 Å². The fourth-order valence-corrected chi connectivity index (χ4v) is 4.91. The molecule has 0 radical (unpaired) electrons. The molecule has 0 unspecified atom stereocenters. The summed E-state index contributed by atoms with van der Waals surface area (Å²) in [5.41, 5.74) is 2.93. The van der Waals surface area contributed by atoms with Gasteiger partial charge in [-0.1, -0.05) is 48.2 Å². The molecule has 1 aromatic heterocycles. The number of benzene rings is 3. The van der Waals surface area contributed by atoms with Gasteiger partial charge in [0.2, 0.25) is 0 Å². The molecule has 2 amide bonds. The third-order valence-electron chi connectivity index (χ3n) is 6.09. The summed E-state index contributed by atoms with van der Waals surface area (Å²) in [5.74, 6) is 0.545. The number of alkyl halides is 3. The monoisotopic (exact) mass is 537 g/mol. The van der Waals surface area contributed by atoms with Gasteiger partial charge in [0.25, 0.3) is 5.91 Å². The summed E-state index contributed by atoms with van der Waals surface area (Å²) in [4.78, 5) is 29.3. The third-order valence-corrected chi connectivity index (χ3v) is 6.97. The van der Waals surface area contributed by atoms with E-state index in [1.807, 2.05) is 24.3 Å². The molecule has 1 aliphatic rings. The van der Waals surface area contributed by atoms with Crippen LogP contribution in [0.3, 0.4) is 0 Å². The average molecular weight is 538 g/mol. The van der Waals surface area contributed by atoms with Crippen molar-refractivity contribution in [2.45, 2.75) is 6.18 Å². The first kappa shape index (κ1) is 25.5. The van der Waals surface area contributed by atoms with E-state index in [2.05, 4.69) is 15.4 Å². The summed E-state index contributed by atoms with van der Waals surface area (Å²) in [5, 5.41) is 8.40. The van der Waals surface area contributed by atoms with Crippen molar-refractivity contribution in [3.63, 3.8) is 0 Å². The van der Waals surface area contributed by atoms with Gasteiger partial charge in [0.15, 0.2) is 0 Å². The molecule has 2 heterocycles.